The number of nitrogens with zero attached hydrogens (tertiary/aromatic N) is 4. The number of hydrogen-bond donors (Lipinski definition) is 1. The predicted molar refractivity (Wildman–Crippen MR) is 64.5 cm³/mol. The van der Waals surface area contributed by atoms with Gasteiger partial charge in [0.1, 0.15) is 0 Å². The summed E-state index contributed by atoms with van der Waals surface area (Å²) in [5.41, 5.74) is -0.0693. The van der Waals surface area contributed by atoms with Crippen LogP contribution in [0.2, 0.25) is 0 Å². The number of H-pyrrole nitrogens is 1. The van der Waals surface area contributed by atoms with Gasteiger partial charge in [-0.15, -0.1) is 10.2 Å². The zero-order chi connectivity index (χ0) is 13.3. The van der Waals surface area contributed by atoms with E-state index in [2.05, 4.69) is 20.6 Å². The van der Waals surface area contributed by atoms with Crippen molar-refractivity contribution in [1.29, 1.82) is 0 Å². The molecule has 0 bridgehead atoms. The first-order valence-electron chi connectivity index (χ1n) is 6.74. The van der Waals surface area contributed by atoms with Gasteiger partial charge in [-0.25, -0.2) is 0 Å². The Morgan fingerprint density at radius 3 is 2.37 bits per heavy atom. The Labute approximate surface area is 110 Å². The summed E-state index contributed by atoms with van der Waals surface area (Å²) in [6, 6.07) is 0. The van der Waals surface area contributed by atoms with Gasteiger partial charge in [0.05, 0.1) is 6.54 Å². The van der Waals surface area contributed by atoms with E-state index < -0.39 is 0 Å². The van der Waals surface area contributed by atoms with Crippen LogP contribution in [0.15, 0.2) is 0 Å². The number of carbonyl (C=O) groups excluding carboxylic acids is 2. The first-order valence-corrected chi connectivity index (χ1v) is 6.74. The molecule has 1 aliphatic carbocycles. The summed E-state index contributed by atoms with van der Waals surface area (Å²) in [4.78, 5) is 25.7. The molecule has 0 aromatic carbocycles. The molecule has 1 aromatic heterocycles. The number of piperidine rings is 1. The molecular weight excluding hydrogens is 246 g/mol. The largest absolute Gasteiger partial charge is 0.275 e. The third-order valence-corrected chi connectivity index (χ3v) is 4.26. The Morgan fingerprint density at radius 2 is 1.79 bits per heavy atom. The molecular formula is C12H17N5O2. The third-order valence-electron chi connectivity index (χ3n) is 4.26. The summed E-state index contributed by atoms with van der Waals surface area (Å²) in [6.45, 7) is 0.129. The molecule has 7 nitrogen and oxygen atoms in total. The van der Waals surface area contributed by atoms with Crippen molar-refractivity contribution < 1.29 is 9.59 Å². The van der Waals surface area contributed by atoms with Gasteiger partial charge in [0, 0.05) is 12.8 Å². The number of tetrazole rings is 1. The molecule has 7 heteroatoms. The third kappa shape index (κ3) is 2.36. The maximum Gasteiger partial charge on any atom is 0.230 e. The van der Waals surface area contributed by atoms with Crippen molar-refractivity contribution in [3.63, 3.8) is 0 Å². The van der Waals surface area contributed by atoms with Crippen molar-refractivity contribution >= 4 is 11.8 Å². The van der Waals surface area contributed by atoms with Crippen LogP contribution in [0, 0.1) is 5.41 Å². The number of aromatic nitrogens is 4. The monoisotopic (exact) mass is 263 g/mol. The average molecular weight is 263 g/mol. The lowest BCUT2D eigenvalue weighted by Crippen LogP contribution is -2.48. The van der Waals surface area contributed by atoms with Crippen LogP contribution in [0.25, 0.3) is 0 Å². The number of nitrogens with one attached hydrogen (secondary N) is 1. The Kier molecular flexibility index (Phi) is 3.04. The topological polar surface area (TPSA) is 91.8 Å². The molecule has 3 rings (SSSR count). The fraction of sp³-hybridized carbons (Fsp3) is 0.750. The van der Waals surface area contributed by atoms with E-state index in [4.69, 9.17) is 0 Å². The normalized spacial score (nSPS) is 23.1. The summed E-state index contributed by atoms with van der Waals surface area (Å²) in [5, 5.41) is 13.3. The predicted octanol–water partition coefficient (Wildman–Crippen LogP) is 0.799. The molecule has 102 valence electrons. The Bertz CT molecular complexity index is 458. The number of rotatable bonds is 2. The summed E-state index contributed by atoms with van der Waals surface area (Å²) in [6.07, 6.45) is 6.45. The van der Waals surface area contributed by atoms with Crippen molar-refractivity contribution in [1.82, 2.24) is 25.5 Å². The van der Waals surface area contributed by atoms with Crippen LogP contribution in [0.1, 0.15) is 50.8 Å². The molecule has 1 aliphatic heterocycles. The fourth-order valence-electron chi connectivity index (χ4n) is 3.26. The van der Waals surface area contributed by atoms with E-state index in [0.717, 1.165) is 25.7 Å². The van der Waals surface area contributed by atoms with Gasteiger partial charge < -0.3 is 0 Å². The number of carbonyl (C=O) groups is 2. The number of amides is 2. The minimum atomic E-state index is -0.0945. The highest BCUT2D eigenvalue weighted by molar-refractivity contribution is 5.98. The van der Waals surface area contributed by atoms with E-state index in [1.54, 1.807) is 0 Å². The number of hydrogen-bond acceptors (Lipinski definition) is 5. The maximum absolute atomic E-state index is 12.2. The van der Waals surface area contributed by atoms with E-state index in [9.17, 15) is 9.59 Å². The van der Waals surface area contributed by atoms with Crippen LogP contribution in [-0.2, 0) is 16.1 Å². The molecule has 1 aromatic rings. The Hall–Kier alpha value is -1.79. The van der Waals surface area contributed by atoms with Crippen LogP contribution in [-0.4, -0.2) is 37.3 Å². The minimum Gasteiger partial charge on any atom is -0.275 e. The first-order chi connectivity index (χ1) is 9.19. The van der Waals surface area contributed by atoms with Crippen LogP contribution in [0.5, 0.6) is 0 Å². The van der Waals surface area contributed by atoms with Gasteiger partial charge in [-0.1, -0.05) is 24.5 Å². The zero-order valence-electron chi connectivity index (χ0n) is 10.8. The Morgan fingerprint density at radius 1 is 1.11 bits per heavy atom. The first kappa shape index (κ1) is 12.3. The second-order valence-electron chi connectivity index (χ2n) is 5.62. The van der Waals surface area contributed by atoms with E-state index >= 15 is 0 Å². The maximum atomic E-state index is 12.2. The van der Waals surface area contributed by atoms with Crippen LogP contribution >= 0.6 is 0 Å². The highest BCUT2D eigenvalue weighted by Gasteiger charge is 2.44. The molecule has 0 atom stereocenters. The van der Waals surface area contributed by atoms with Gasteiger partial charge in [0.25, 0.3) is 0 Å². The molecule has 1 saturated carbocycles. The lowest BCUT2D eigenvalue weighted by molar-refractivity contribution is -0.155. The molecule has 2 amide bonds. The number of likely N-dealkylation sites (tertiary alicyclic amines) is 1. The highest BCUT2D eigenvalue weighted by Crippen LogP contribution is 2.45. The molecule has 0 unspecified atom stereocenters. The fourth-order valence-corrected chi connectivity index (χ4v) is 3.26. The van der Waals surface area contributed by atoms with Crippen LogP contribution in [0.4, 0.5) is 0 Å². The van der Waals surface area contributed by atoms with E-state index in [-0.39, 0.29) is 23.8 Å². The molecule has 1 spiro atoms. The zero-order valence-corrected chi connectivity index (χ0v) is 10.8. The molecule has 2 aliphatic rings. The van der Waals surface area contributed by atoms with Crippen LogP contribution < -0.4 is 0 Å². The lowest BCUT2D eigenvalue weighted by atomic mass is 9.67. The summed E-state index contributed by atoms with van der Waals surface area (Å²) in [7, 11) is 0. The number of aromatic amines is 1. The van der Waals surface area contributed by atoms with E-state index in [1.165, 1.54) is 11.3 Å². The Balaban J connectivity index is 1.72. The van der Waals surface area contributed by atoms with E-state index in [1.807, 2.05) is 0 Å². The minimum absolute atomic E-state index is 0.0693. The highest BCUT2D eigenvalue weighted by atomic mass is 16.2. The molecule has 19 heavy (non-hydrogen) atoms. The molecule has 1 saturated heterocycles. The van der Waals surface area contributed by atoms with Crippen molar-refractivity contribution in [2.24, 2.45) is 5.41 Å². The van der Waals surface area contributed by atoms with E-state index in [0.29, 0.717) is 18.7 Å². The van der Waals surface area contributed by atoms with Crippen LogP contribution in [0.3, 0.4) is 0 Å². The summed E-state index contributed by atoms with van der Waals surface area (Å²) in [5.74, 6) is 0.187. The average Bonchev–Trinajstić information content (AvgIpc) is 2.88. The van der Waals surface area contributed by atoms with Gasteiger partial charge in [-0.3, -0.25) is 14.5 Å². The van der Waals surface area contributed by atoms with Gasteiger partial charge in [-0.05, 0) is 18.3 Å². The lowest BCUT2D eigenvalue weighted by Gasteiger charge is -2.42. The second kappa shape index (κ2) is 4.71. The SMILES string of the molecule is O=C1CC2(CCCCC2)CC(=O)N1Cc1nn[nH]n1. The van der Waals surface area contributed by atoms with Gasteiger partial charge in [0.2, 0.25) is 11.8 Å². The summed E-state index contributed by atoms with van der Waals surface area (Å²) >= 11 is 0. The molecule has 1 N–H and O–H groups in total. The second-order valence-corrected chi connectivity index (χ2v) is 5.62. The summed E-state index contributed by atoms with van der Waals surface area (Å²) < 4.78 is 0. The molecule has 2 fully saturated rings. The van der Waals surface area contributed by atoms with Gasteiger partial charge >= 0.3 is 0 Å². The smallest absolute Gasteiger partial charge is 0.230 e. The molecule has 0 radical (unpaired) electrons. The van der Waals surface area contributed by atoms with Gasteiger partial charge in [-0.2, -0.15) is 5.21 Å². The van der Waals surface area contributed by atoms with Crippen molar-refractivity contribution in [3.8, 4) is 0 Å². The standard InChI is InChI=1S/C12H17N5O2/c18-10-6-12(4-2-1-3-5-12)7-11(19)17(10)8-9-13-15-16-14-9/h1-8H2,(H,13,14,15,16). The van der Waals surface area contributed by atoms with Crippen molar-refractivity contribution in [2.75, 3.05) is 0 Å². The quantitative estimate of drug-likeness (QED) is 0.797. The van der Waals surface area contributed by atoms with Crippen molar-refractivity contribution in [2.45, 2.75) is 51.5 Å². The van der Waals surface area contributed by atoms with Gasteiger partial charge in [0.15, 0.2) is 5.82 Å². The van der Waals surface area contributed by atoms with Crippen molar-refractivity contribution in [3.05, 3.63) is 5.82 Å². The molecule has 2 heterocycles. The number of imide groups is 1.